The fraction of sp³-hybridized carbons (Fsp3) is 0.278. The van der Waals surface area contributed by atoms with Crippen LogP contribution in [0, 0.1) is 0 Å². The van der Waals surface area contributed by atoms with E-state index in [-0.39, 0.29) is 0 Å². The summed E-state index contributed by atoms with van der Waals surface area (Å²) in [7, 11) is 3.87. The highest BCUT2D eigenvalue weighted by atomic mass is 16.3. The fourth-order valence-electron chi connectivity index (χ4n) is 2.53. The Hall–Kier alpha value is -2.73. The summed E-state index contributed by atoms with van der Waals surface area (Å²) in [6.45, 7) is 0.687. The number of hydrogen-bond donors (Lipinski definition) is 1. The van der Waals surface area contributed by atoms with Crippen LogP contribution in [0.2, 0.25) is 0 Å². The average molecular weight is 323 g/mol. The average Bonchev–Trinajstić information content (AvgIpc) is 3.06. The first-order chi connectivity index (χ1) is 11.6. The van der Waals surface area contributed by atoms with Crippen LogP contribution in [0.5, 0.6) is 0 Å². The second-order valence-corrected chi connectivity index (χ2v) is 5.78. The monoisotopic (exact) mass is 323 g/mol. The number of benzene rings is 1. The van der Waals surface area contributed by atoms with Crippen molar-refractivity contribution in [1.29, 1.82) is 0 Å². The minimum absolute atomic E-state index is 0.478. The first kappa shape index (κ1) is 16.1. The van der Waals surface area contributed by atoms with Gasteiger partial charge in [0.15, 0.2) is 11.6 Å². The Balaban J connectivity index is 1.61. The predicted molar refractivity (Wildman–Crippen MR) is 93.5 cm³/mol. The van der Waals surface area contributed by atoms with Crippen molar-refractivity contribution in [3.05, 3.63) is 60.4 Å². The largest absolute Gasteiger partial charge is 0.388 e. The molecule has 1 atom stereocenters. The van der Waals surface area contributed by atoms with E-state index in [9.17, 15) is 5.11 Å². The summed E-state index contributed by atoms with van der Waals surface area (Å²) >= 11 is 0. The van der Waals surface area contributed by atoms with Gasteiger partial charge in [0.25, 0.3) is 0 Å². The normalized spacial score (nSPS) is 12.1. The lowest BCUT2D eigenvalue weighted by Gasteiger charge is -2.20. The lowest BCUT2D eigenvalue weighted by Crippen LogP contribution is -2.22. The van der Waals surface area contributed by atoms with Crippen molar-refractivity contribution < 1.29 is 5.11 Å². The Kier molecular flexibility index (Phi) is 4.86. The molecule has 2 aromatic heterocycles. The molecule has 0 spiro atoms. The van der Waals surface area contributed by atoms with E-state index >= 15 is 0 Å². The van der Waals surface area contributed by atoms with Gasteiger partial charge in [-0.2, -0.15) is 0 Å². The molecule has 124 valence electrons. The van der Waals surface area contributed by atoms with Gasteiger partial charge in [0.05, 0.1) is 6.10 Å². The van der Waals surface area contributed by atoms with Crippen LogP contribution in [0.1, 0.15) is 18.1 Å². The Labute approximate surface area is 141 Å². The van der Waals surface area contributed by atoms with E-state index in [4.69, 9.17) is 0 Å². The fourth-order valence-corrected chi connectivity index (χ4v) is 2.53. The molecule has 6 nitrogen and oxygen atoms in total. The van der Waals surface area contributed by atoms with Gasteiger partial charge in [-0.1, -0.05) is 30.3 Å². The van der Waals surface area contributed by atoms with Crippen LogP contribution in [-0.4, -0.2) is 38.4 Å². The van der Waals surface area contributed by atoms with Gasteiger partial charge in [0, 0.05) is 33.0 Å². The molecular formula is C18H21N5O. The van der Waals surface area contributed by atoms with Crippen LogP contribution >= 0.6 is 0 Å². The highest BCUT2D eigenvalue weighted by Crippen LogP contribution is 2.19. The molecule has 0 saturated heterocycles. The van der Waals surface area contributed by atoms with E-state index in [0.29, 0.717) is 13.0 Å². The number of aromatic nitrogens is 4. The summed E-state index contributed by atoms with van der Waals surface area (Å²) in [4.78, 5) is 6.25. The number of hydrogen-bond acceptors (Lipinski definition) is 5. The molecule has 1 aromatic carbocycles. The van der Waals surface area contributed by atoms with Gasteiger partial charge < -0.3 is 14.6 Å². The molecule has 0 radical (unpaired) electrons. The molecule has 1 unspecified atom stereocenters. The Morgan fingerprint density at radius 3 is 2.54 bits per heavy atom. The van der Waals surface area contributed by atoms with Gasteiger partial charge >= 0.3 is 0 Å². The van der Waals surface area contributed by atoms with Gasteiger partial charge in [0.1, 0.15) is 5.69 Å². The van der Waals surface area contributed by atoms with Gasteiger partial charge in [-0.05, 0) is 24.1 Å². The molecule has 2 heterocycles. The molecule has 0 amide bonds. The number of aliphatic hydroxyl groups excluding tert-OH is 1. The molecule has 6 heteroatoms. The zero-order valence-corrected chi connectivity index (χ0v) is 13.9. The molecule has 0 aliphatic carbocycles. The van der Waals surface area contributed by atoms with Gasteiger partial charge in [-0.3, -0.25) is 0 Å². The van der Waals surface area contributed by atoms with E-state index in [2.05, 4.69) is 15.2 Å². The van der Waals surface area contributed by atoms with Crippen molar-refractivity contribution in [3.8, 4) is 11.5 Å². The molecule has 1 N–H and O–H groups in total. The Bertz CT molecular complexity index is 770. The van der Waals surface area contributed by atoms with Gasteiger partial charge in [-0.15, -0.1) is 10.2 Å². The smallest absolute Gasteiger partial charge is 0.160 e. The van der Waals surface area contributed by atoms with Gasteiger partial charge in [0.2, 0.25) is 0 Å². The summed E-state index contributed by atoms with van der Waals surface area (Å²) in [6.07, 6.45) is 3.77. The minimum atomic E-state index is -0.478. The number of aliphatic hydroxyl groups is 1. The quantitative estimate of drug-likeness (QED) is 0.755. The van der Waals surface area contributed by atoms with Crippen LogP contribution in [0.4, 0.5) is 5.82 Å². The first-order valence-corrected chi connectivity index (χ1v) is 7.90. The highest BCUT2D eigenvalue weighted by molar-refractivity contribution is 5.51. The lowest BCUT2D eigenvalue weighted by molar-refractivity contribution is 0.169. The van der Waals surface area contributed by atoms with Crippen molar-refractivity contribution in [2.45, 2.75) is 12.5 Å². The van der Waals surface area contributed by atoms with E-state index in [1.54, 1.807) is 6.20 Å². The molecular weight excluding hydrogens is 302 g/mol. The van der Waals surface area contributed by atoms with Crippen molar-refractivity contribution in [3.63, 3.8) is 0 Å². The van der Waals surface area contributed by atoms with Crippen molar-refractivity contribution in [2.24, 2.45) is 7.05 Å². The molecule has 24 heavy (non-hydrogen) atoms. The standard InChI is InChI=1S/C18H21N5O/c1-22(12-10-16(24)14-6-4-3-5-7-14)17-9-8-15(20-21-17)18-19-11-13-23(18)2/h3-9,11,13,16,24H,10,12H2,1-2H3. The summed E-state index contributed by atoms with van der Waals surface area (Å²) in [5, 5.41) is 18.8. The maximum Gasteiger partial charge on any atom is 0.160 e. The van der Waals surface area contributed by atoms with Crippen LogP contribution in [-0.2, 0) is 7.05 Å². The maximum absolute atomic E-state index is 10.2. The number of aryl methyl sites for hydroxylation is 1. The maximum atomic E-state index is 10.2. The number of anilines is 1. The molecule has 0 saturated carbocycles. The second kappa shape index (κ2) is 7.23. The SMILES string of the molecule is CN(CCC(O)c1ccccc1)c1ccc(-c2nccn2C)nn1. The van der Waals surface area contributed by atoms with Crippen LogP contribution in [0.25, 0.3) is 11.5 Å². The third-order valence-corrected chi connectivity index (χ3v) is 4.01. The van der Waals surface area contributed by atoms with Crippen molar-refractivity contribution in [1.82, 2.24) is 19.7 Å². The van der Waals surface area contributed by atoms with E-state index < -0.39 is 6.10 Å². The topological polar surface area (TPSA) is 67.1 Å². The Morgan fingerprint density at radius 2 is 1.92 bits per heavy atom. The van der Waals surface area contributed by atoms with E-state index in [0.717, 1.165) is 22.9 Å². The molecule has 0 bridgehead atoms. The molecule has 3 rings (SSSR count). The summed E-state index contributed by atoms with van der Waals surface area (Å²) in [5.41, 5.74) is 1.67. The summed E-state index contributed by atoms with van der Waals surface area (Å²) < 4.78 is 1.91. The zero-order valence-electron chi connectivity index (χ0n) is 13.9. The summed E-state index contributed by atoms with van der Waals surface area (Å²) in [6, 6.07) is 13.5. The molecule has 0 aliphatic heterocycles. The van der Waals surface area contributed by atoms with Gasteiger partial charge in [-0.25, -0.2) is 4.98 Å². The lowest BCUT2D eigenvalue weighted by atomic mass is 10.1. The van der Waals surface area contributed by atoms with E-state index in [1.165, 1.54) is 0 Å². The molecule has 3 aromatic rings. The van der Waals surface area contributed by atoms with E-state index in [1.807, 2.05) is 72.2 Å². The Morgan fingerprint density at radius 1 is 1.12 bits per heavy atom. The zero-order chi connectivity index (χ0) is 16.9. The number of nitrogens with zero attached hydrogens (tertiary/aromatic N) is 5. The third-order valence-electron chi connectivity index (χ3n) is 4.01. The highest BCUT2D eigenvalue weighted by Gasteiger charge is 2.11. The van der Waals surface area contributed by atoms with Crippen LogP contribution in [0.15, 0.2) is 54.9 Å². The van der Waals surface area contributed by atoms with Crippen molar-refractivity contribution in [2.75, 3.05) is 18.5 Å². The third kappa shape index (κ3) is 3.60. The van der Waals surface area contributed by atoms with Crippen molar-refractivity contribution >= 4 is 5.82 Å². The summed E-state index contributed by atoms with van der Waals surface area (Å²) in [5.74, 6) is 1.56. The minimum Gasteiger partial charge on any atom is -0.388 e. The predicted octanol–water partition coefficient (Wildman–Crippen LogP) is 2.44. The molecule has 0 aliphatic rings. The number of imidazole rings is 1. The first-order valence-electron chi connectivity index (χ1n) is 7.90. The van der Waals surface area contributed by atoms with Crippen LogP contribution in [0.3, 0.4) is 0 Å². The molecule has 0 fully saturated rings. The second-order valence-electron chi connectivity index (χ2n) is 5.78. The van der Waals surface area contributed by atoms with Crippen LogP contribution < -0.4 is 4.90 Å². The number of rotatable bonds is 6.